The van der Waals surface area contributed by atoms with Gasteiger partial charge < -0.3 is 9.84 Å². The fourth-order valence-electron chi connectivity index (χ4n) is 2.12. The van der Waals surface area contributed by atoms with Gasteiger partial charge in [-0.3, -0.25) is 9.36 Å². The maximum Gasteiger partial charge on any atom is 0.367 e. The summed E-state index contributed by atoms with van der Waals surface area (Å²) in [6, 6.07) is 0. The first-order valence-electron chi connectivity index (χ1n) is 8.22. The monoisotopic (exact) mass is 350 g/mol. The van der Waals surface area contributed by atoms with Gasteiger partial charge in [0.15, 0.2) is 0 Å². The van der Waals surface area contributed by atoms with Crippen molar-refractivity contribution in [1.29, 1.82) is 0 Å². The van der Waals surface area contributed by atoms with E-state index in [0.29, 0.717) is 13.0 Å². The molecule has 0 saturated heterocycles. The fraction of sp³-hybridized carbons (Fsp3) is 0.929. The van der Waals surface area contributed by atoms with E-state index < -0.39 is 7.68 Å². The molecule has 0 bridgehead atoms. The average Bonchev–Trinajstić information content (AvgIpc) is 2.50. The van der Waals surface area contributed by atoms with Gasteiger partial charge in [-0.25, -0.2) is 0 Å². The van der Waals surface area contributed by atoms with Crippen LogP contribution in [-0.2, 0) is 13.9 Å². The average molecular weight is 350 g/mol. The Kier molecular flexibility index (Phi) is 13.8. The van der Waals surface area contributed by atoms with E-state index in [1.807, 2.05) is 0 Å². The predicted molar refractivity (Wildman–Crippen MR) is 89.2 cm³/mol. The lowest BCUT2D eigenvalue weighted by Gasteiger charge is -2.07. The summed E-state index contributed by atoms with van der Waals surface area (Å²) in [5.41, 5.74) is 8.06. The number of hydrogen-bond donors (Lipinski definition) is 1. The number of carbonyl (C=O) groups excluding carboxylic acids is 1. The third kappa shape index (κ3) is 15.6. The number of nitrogens with one attached hydrogen (secondary N) is 1. The molecule has 0 radical (unpaired) electrons. The molecule has 0 aliphatic carbocycles. The zero-order chi connectivity index (χ0) is 17.4. The van der Waals surface area contributed by atoms with Crippen LogP contribution in [0.25, 0.3) is 10.4 Å². The lowest BCUT2D eigenvalue weighted by molar-refractivity contribution is -0.119. The second-order valence-electron chi connectivity index (χ2n) is 5.30. The molecule has 0 aliphatic rings. The predicted octanol–water partition coefficient (Wildman–Crippen LogP) is 4.73. The highest BCUT2D eigenvalue weighted by Crippen LogP contribution is 2.49. The minimum Gasteiger partial charge on any atom is -0.356 e. The highest BCUT2D eigenvalue weighted by atomic mass is 31.2. The maximum atomic E-state index is 13.2. The molecule has 1 atom stereocenters. The van der Waals surface area contributed by atoms with E-state index in [1.54, 1.807) is 6.92 Å². The smallest absolute Gasteiger partial charge is 0.356 e. The number of unbranched alkanes of at least 4 members (excludes halogenated alkanes) is 7. The summed E-state index contributed by atoms with van der Waals surface area (Å²) >= 11 is 0. The maximum absolute atomic E-state index is 13.2. The van der Waals surface area contributed by atoms with Crippen LogP contribution in [0.4, 0.5) is 4.20 Å². The SMILES string of the molecule is CCOP(=O)(F)CCCCCCCCCCNC(=O)CN=[N+]=[N-]. The first kappa shape index (κ1) is 21.9. The molecule has 0 saturated carbocycles. The lowest BCUT2D eigenvalue weighted by atomic mass is 10.1. The number of amides is 1. The number of nitrogens with zero attached hydrogens (tertiary/aromatic N) is 3. The number of carbonyl (C=O) groups is 1. The van der Waals surface area contributed by atoms with Crippen LogP contribution in [-0.4, -0.2) is 31.8 Å². The molecule has 0 aromatic carbocycles. The number of hydrogen-bond acceptors (Lipinski definition) is 4. The van der Waals surface area contributed by atoms with Crippen LogP contribution in [0.3, 0.4) is 0 Å². The van der Waals surface area contributed by atoms with Crippen molar-refractivity contribution in [2.45, 2.75) is 58.3 Å². The standard InChI is InChI=1S/C14H28FN4O3P/c1-2-22-23(15,21)12-10-8-6-4-3-5-7-9-11-17-14(20)13-18-19-16/h2-13H2,1H3,(H,17,20). The van der Waals surface area contributed by atoms with Crippen LogP contribution >= 0.6 is 7.68 Å². The molecule has 0 aromatic rings. The Morgan fingerprint density at radius 3 is 2.30 bits per heavy atom. The highest BCUT2D eigenvalue weighted by molar-refractivity contribution is 7.53. The van der Waals surface area contributed by atoms with E-state index in [1.165, 1.54) is 0 Å². The summed E-state index contributed by atoms with van der Waals surface area (Å²) in [4.78, 5) is 13.6. The Morgan fingerprint density at radius 2 is 1.74 bits per heavy atom. The van der Waals surface area contributed by atoms with Crippen LogP contribution in [0.15, 0.2) is 5.11 Å². The van der Waals surface area contributed by atoms with Gasteiger partial charge in [0.05, 0.1) is 12.8 Å². The van der Waals surface area contributed by atoms with Crippen LogP contribution < -0.4 is 5.32 Å². The van der Waals surface area contributed by atoms with Gasteiger partial charge in [0, 0.05) is 11.5 Å². The van der Waals surface area contributed by atoms with E-state index in [-0.39, 0.29) is 25.2 Å². The molecule has 134 valence electrons. The van der Waals surface area contributed by atoms with Crippen molar-refractivity contribution in [3.05, 3.63) is 10.4 Å². The third-order valence-electron chi connectivity index (χ3n) is 3.27. The molecule has 0 aromatic heterocycles. The summed E-state index contributed by atoms with van der Waals surface area (Å²) in [5.74, 6) is -0.250. The van der Waals surface area contributed by atoms with Crippen LogP contribution in [0.1, 0.15) is 58.3 Å². The molecule has 23 heavy (non-hydrogen) atoms. The molecular formula is C14H28FN4O3P. The van der Waals surface area contributed by atoms with Gasteiger partial charge in [-0.15, -0.1) is 0 Å². The van der Waals surface area contributed by atoms with Crippen molar-refractivity contribution in [3.63, 3.8) is 0 Å². The Bertz CT molecular complexity index is 417. The summed E-state index contributed by atoms with van der Waals surface area (Å²) in [6.45, 7) is 2.24. The van der Waals surface area contributed by atoms with E-state index >= 15 is 0 Å². The van der Waals surface area contributed by atoms with Crippen LogP contribution in [0.2, 0.25) is 0 Å². The van der Waals surface area contributed by atoms with E-state index in [4.69, 9.17) is 5.53 Å². The molecule has 1 N–H and O–H groups in total. The summed E-state index contributed by atoms with van der Waals surface area (Å²) in [6.07, 6.45) is 7.71. The third-order valence-corrected chi connectivity index (χ3v) is 4.77. The Labute approximate surface area is 137 Å². The molecule has 0 spiro atoms. The summed E-state index contributed by atoms with van der Waals surface area (Å²) in [5, 5.41) is 5.86. The quantitative estimate of drug-likeness (QED) is 0.152. The van der Waals surface area contributed by atoms with Crippen molar-refractivity contribution in [1.82, 2.24) is 5.32 Å². The van der Waals surface area contributed by atoms with Gasteiger partial charge in [0.1, 0.15) is 6.54 Å². The van der Waals surface area contributed by atoms with E-state index in [0.717, 1.165) is 44.9 Å². The van der Waals surface area contributed by atoms with Gasteiger partial charge in [-0.1, -0.05) is 43.6 Å². The molecule has 0 aliphatic heterocycles. The second kappa shape index (κ2) is 14.5. The number of rotatable bonds is 15. The van der Waals surface area contributed by atoms with Gasteiger partial charge in [-0.2, -0.15) is 4.20 Å². The molecule has 0 heterocycles. The Morgan fingerprint density at radius 1 is 1.17 bits per heavy atom. The summed E-state index contributed by atoms with van der Waals surface area (Å²) in [7, 11) is -3.84. The van der Waals surface area contributed by atoms with Crippen molar-refractivity contribution in [2.24, 2.45) is 5.11 Å². The van der Waals surface area contributed by atoms with Gasteiger partial charge >= 0.3 is 7.68 Å². The van der Waals surface area contributed by atoms with Crippen molar-refractivity contribution in [2.75, 3.05) is 25.9 Å². The lowest BCUT2D eigenvalue weighted by Crippen LogP contribution is -2.26. The molecule has 7 nitrogen and oxygen atoms in total. The molecule has 9 heteroatoms. The van der Waals surface area contributed by atoms with Crippen molar-refractivity contribution < 1.29 is 18.1 Å². The normalized spacial score (nSPS) is 13.1. The molecule has 0 fully saturated rings. The Hall–Kier alpha value is -1.10. The largest absolute Gasteiger partial charge is 0.367 e. The second-order valence-corrected chi connectivity index (χ2v) is 7.18. The molecule has 1 unspecified atom stereocenters. The molecular weight excluding hydrogens is 322 g/mol. The molecule has 1 amide bonds. The zero-order valence-corrected chi connectivity index (χ0v) is 14.8. The number of halogens is 1. The highest BCUT2D eigenvalue weighted by Gasteiger charge is 2.19. The Balaban J connectivity index is 3.29. The van der Waals surface area contributed by atoms with Crippen LogP contribution in [0.5, 0.6) is 0 Å². The minimum atomic E-state index is -3.84. The summed E-state index contributed by atoms with van der Waals surface area (Å²) < 4.78 is 29.0. The fourth-order valence-corrected chi connectivity index (χ4v) is 3.24. The van der Waals surface area contributed by atoms with Crippen LogP contribution in [0, 0.1) is 0 Å². The van der Waals surface area contributed by atoms with Gasteiger partial charge in [0.25, 0.3) is 0 Å². The van der Waals surface area contributed by atoms with Crippen molar-refractivity contribution >= 4 is 13.6 Å². The topological polar surface area (TPSA) is 104 Å². The zero-order valence-electron chi connectivity index (χ0n) is 13.9. The molecule has 0 rings (SSSR count). The van der Waals surface area contributed by atoms with Crippen molar-refractivity contribution in [3.8, 4) is 0 Å². The first-order valence-corrected chi connectivity index (χ1v) is 9.92. The van der Waals surface area contributed by atoms with Gasteiger partial charge in [-0.05, 0) is 25.3 Å². The van der Waals surface area contributed by atoms with Gasteiger partial charge in [0.2, 0.25) is 5.91 Å². The first-order chi connectivity index (χ1) is 11.0. The minimum absolute atomic E-state index is 0.0242. The van der Waals surface area contributed by atoms with E-state index in [9.17, 15) is 13.6 Å². The number of azide groups is 1. The van der Waals surface area contributed by atoms with E-state index in [2.05, 4.69) is 19.9 Å².